The number of anilines is 1. The van der Waals surface area contributed by atoms with Crippen LogP contribution in [0.5, 0.6) is 17.2 Å². The summed E-state index contributed by atoms with van der Waals surface area (Å²) in [5.74, 6) is -1.07. The van der Waals surface area contributed by atoms with Gasteiger partial charge in [0.1, 0.15) is 18.8 Å². The lowest BCUT2D eigenvalue weighted by molar-refractivity contribution is -0.122. The van der Waals surface area contributed by atoms with Gasteiger partial charge in [0.25, 0.3) is 11.8 Å². The molecule has 5 rings (SSSR count). The molecule has 0 aromatic heterocycles. The molecule has 0 spiro atoms. The van der Waals surface area contributed by atoms with Gasteiger partial charge < -0.3 is 18.9 Å². The molecule has 46 heavy (non-hydrogen) atoms. The monoisotopic (exact) mass is 660 g/mol. The van der Waals surface area contributed by atoms with E-state index in [2.05, 4.69) is 10.1 Å². The Kier molecular flexibility index (Phi) is 9.90. The molecular weight excluding hydrogens is 635 g/mol. The Hall–Kier alpha value is -5.32. The summed E-state index contributed by atoms with van der Waals surface area (Å²) in [5, 5.41) is 2.40. The summed E-state index contributed by atoms with van der Waals surface area (Å²) in [6, 6.07) is 22.7. The van der Waals surface area contributed by atoms with Gasteiger partial charge in [-0.3, -0.25) is 14.9 Å². The van der Waals surface area contributed by atoms with E-state index < -0.39 is 23.8 Å². The molecule has 0 atom stereocenters. The fraction of sp³-hybridized carbons (Fsp3) is 0.118. The highest BCUT2D eigenvalue weighted by Gasteiger charge is 2.37. The first-order valence-corrected chi connectivity index (χ1v) is 14.5. The molecule has 4 aromatic rings. The highest BCUT2D eigenvalue weighted by molar-refractivity contribution is 6.40. The van der Waals surface area contributed by atoms with Crippen molar-refractivity contribution in [2.75, 3.05) is 19.1 Å². The normalized spacial score (nSPS) is 13.8. The first-order chi connectivity index (χ1) is 22.2. The Morgan fingerprint density at radius 1 is 0.804 bits per heavy atom. The number of hydrogen-bond acceptors (Lipinski definition) is 8. The minimum absolute atomic E-state index is 0.0991. The highest BCUT2D eigenvalue weighted by atomic mass is 35.5. The molecule has 12 heteroatoms. The van der Waals surface area contributed by atoms with E-state index in [-0.39, 0.29) is 39.2 Å². The zero-order valence-electron chi connectivity index (χ0n) is 24.5. The number of hydrogen-bond donors (Lipinski definition) is 1. The summed E-state index contributed by atoms with van der Waals surface area (Å²) in [6.07, 6.45) is 1.26. The van der Waals surface area contributed by atoms with Crippen LogP contribution < -0.4 is 24.4 Å². The smallest absolute Gasteiger partial charge is 0.337 e. The van der Waals surface area contributed by atoms with E-state index in [1.165, 1.54) is 49.6 Å². The number of esters is 1. The third-order valence-electron chi connectivity index (χ3n) is 6.83. The van der Waals surface area contributed by atoms with Crippen LogP contribution in [0.4, 0.5) is 10.5 Å². The van der Waals surface area contributed by atoms with Crippen LogP contribution in [-0.4, -0.2) is 38.0 Å². The number of rotatable bonds is 10. The van der Waals surface area contributed by atoms with Crippen LogP contribution >= 0.6 is 23.2 Å². The van der Waals surface area contributed by atoms with Gasteiger partial charge in [-0.1, -0.05) is 59.6 Å². The molecule has 0 bridgehead atoms. The summed E-state index contributed by atoms with van der Waals surface area (Å²) in [6.45, 7) is 0.481. The second-order valence-corrected chi connectivity index (χ2v) is 10.7. The van der Waals surface area contributed by atoms with Gasteiger partial charge in [0.15, 0.2) is 17.2 Å². The maximum atomic E-state index is 13.3. The Morgan fingerprint density at radius 3 is 2.13 bits per heavy atom. The maximum Gasteiger partial charge on any atom is 0.337 e. The SMILES string of the molecule is COC(=O)c1ccc(N2C(=O)NC(=O)/C(=C/c3cc(Cl)c(OCc4ccc(OCc5ccccc5)c(OC)c4)c(Cl)c3)C2=O)cc1. The standard InChI is InChI=1S/C34H26Cl2N2O8/c1-43-29-17-21(8-13-28(29)45-18-20-6-4-3-5-7-20)19-46-30-26(35)15-22(16-27(30)36)14-25-31(39)37-34(42)38(32(25)40)24-11-9-23(10-12-24)33(41)44-2/h3-17H,18-19H2,1-2H3,(H,37,39,42)/b25-14-. The lowest BCUT2D eigenvalue weighted by Crippen LogP contribution is -2.54. The van der Waals surface area contributed by atoms with Crippen LogP contribution in [0.25, 0.3) is 6.08 Å². The van der Waals surface area contributed by atoms with Gasteiger partial charge >= 0.3 is 12.0 Å². The molecule has 0 aliphatic carbocycles. The van der Waals surface area contributed by atoms with E-state index in [0.717, 1.165) is 16.0 Å². The average molecular weight is 661 g/mol. The van der Waals surface area contributed by atoms with Crippen molar-refractivity contribution in [1.82, 2.24) is 5.32 Å². The fourth-order valence-electron chi connectivity index (χ4n) is 4.54. The van der Waals surface area contributed by atoms with Crippen LogP contribution in [0.1, 0.15) is 27.0 Å². The molecule has 1 fully saturated rings. The number of halogens is 2. The van der Waals surface area contributed by atoms with Gasteiger partial charge in [-0.15, -0.1) is 0 Å². The zero-order chi connectivity index (χ0) is 32.8. The van der Waals surface area contributed by atoms with Gasteiger partial charge in [0, 0.05) is 0 Å². The molecular formula is C34H26Cl2N2O8. The van der Waals surface area contributed by atoms with Crippen molar-refractivity contribution in [3.05, 3.63) is 123 Å². The molecule has 1 heterocycles. The number of barbiturate groups is 1. The summed E-state index contributed by atoms with van der Waals surface area (Å²) < 4.78 is 22.0. The highest BCUT2D eigenvalue weighted by Crippen LogP contribution is 2.37. The van der Waals surface area contributed by atoms with Crippen LogP contribution in [0.2, 0.25) is 10.0 Å². The van der Waals surface area contributed by atoms with E-state index in [1.807, 2.05) is 36.4 Å². The van der Waals surface area contributed by atoms with E-state index in [1.54, 1.807) is 19.2 Å². The first kappa shape index (κ1) is 32.1. The molecule has 0 radical (unpaired) electrons. The number of nitrogens with one attached hydrogen (secondary N) is 1. The summed E-state index contributed by atoms with van der Waals surface area (Å²) in [7, 11) is 2.78. The summed E-state index contributed by atoms with van der Waals surface area (Å²) in [4.78, 5) is 51.0. The number of imide groups is 2. The van der Waals surface area contributed by atoms with Gasteiger partial charge in [0.05, 0.1) is 35.5 Å². The molecule has 10 nitrogen and oxygen atoms in total. The Balaban J connectivity index is 1.30. The summed E-state index contributed by atoms with van der Waals surface area (Å²) >= 11 is 13.0. The minimum atomic E-state index is -0.940. The number of carbonyl (C=O) groups is 4. The predicted octanol–water partition coefficient (Wildman–Crippen LogP) is 6.61. The number of urea groups is 1. The van der Waals surface area contributed by atoms with Crippen LogP contribution in [0.15, 0.2) is 90.5 Å². The van der Waals surface area contributed by atoms with Gasteiger partial charge in [-0.05, 0) is 71.3 Å². The van der Waals surface area contributed by atoms with Gasteiger partial charge in [0.2, 0.25) is 0 Å². The number of ether oxygens (including phenoxy) is 4. The quantitative estimate of drug-likeness (QED) is 0.115. The number of nitrogens with zero attached hydrogens (tertiary/aromatic N) is 1. The van der Waals surface area contributed by atoms with Crippen molar-refractivity contribution < 1.29 is 38.1 Å². The molecule has 234 valence electrons. The number of methoxy groups -OCH3 is 2. The predicted molar refractivity (Wildman–Crippen MR) is 171 cm³/mol. The average Bonchev–Trinajstić information content (AvgIpc) is 3.05. The van der Waals surface area contributed by atoms with E-state index >= 15 is 0 Å². The van der Waals surface area contributed by atoms with E-state index in [0.29, 0.717) is 23.7 Å². The topological polar surface area (TPSA) is 120 Å². The summed E-state index contributed by atoms with van der Waals surface area (Å²) in [5.41, 5.74) is 2.12. The molecule has 4 aromatic carbocycles. The molecule has 1 saturated heterocycles. The minimum Gasteiger partial charge on any atom is -0.493 e. The molecule has 0 saturated carbocycles. The molecule has 1 aliphatic heterocycles. The second-order valence-electron chi connectivity index (χ2n) is 9.86. The molecule has 0 unspecified atom stereocenters. The van der Waals surface area contributed by atoms with Crippen LogP contribution in [-0.2, 0) is 27.5 Å². The van der Waals surface area contributed by atoms with Crippen LogP contribution in [0.3, 0.4) is 0 Å². The van der Waals surface area contributed by atoms with E-state index in [9.17, 15) is 19.2 Å². The first-order valence-electron chi connectivity index (χ1n) is 13.7. The second kappa shape index (κ2) is 14.2. The Morgan fingerprint density at radius 2 is 1.48 bits per heavy atom. The van der Waals surface area contributed by atoms with Crippen molar-refractivity contribution in [3.63, 3.8) is 0 Å². The molecule has 1 aliphatic rings. The van der Waals surface area contributed by atoms with Crippen molar-refractivity contribution in [1.29, 1.82) is 0 Å². The van der Waals surface area contributed by atoms with Gasteiger partial charge in [-0.2, -0.15) is 0 Å². The van der Waals surface area contributed by atoms with Crippen molar-refractivity contribution in [2.45, 2.75) is 13.2 Å². The van der Waals surface area contributed by atoms with Crippen molar-refractivity contribution >= 4 is 58.8 Å². The maximum absolute atomic E-state index is 13.3. The number of benzene rings is 4. The fourth-order valence-corrected chi connectivity index (χ4v) is 5.15. The van der Waals surface area contributed by atoms with Gasteiger partial charge in [-0.25, -0.2) is 14.5 Å². The molecule has 1 N–H and O–H groups in total. The zero-order valence-corrected chi connectivity index (χ0v) is 26.1. The largest absolute Gasteiger partial charge is 0.493 e. The van der Waals surface area contributed by atoms with Crippen molar-refractivity contribution in [2.24, 2.45) is 0 Å². The number of carbonyl (C=O) groups excluding carboxylic acids is 4. The Bertz CT molecular complexity index is 1820. The lowest BCUT2D eigenvalue weighted by atomic mass is 10.1. The third kappa shape index (κ3) is 7.14. The van der Waals surface area contributed by atoms with E-state index in [4.69, 9.17) is 37.4 Å². The lowest BCUT2D eigenvalue weighted by Gasteiger charge is -2.26. The van der Waals surface area contributed by atoms with Crippen LogP contribution in [0, 0.1) is 0 Å². The Labute approximate surface area is 274 Å². The molecule has 4 amide bonds. The van der Waals surface area contributed by atoms with Crippen molar-refractivity contribution in [3.8, 4) is 17.2 Å². The number of amides is 4. The third-order valence-corrected chi connectivity index (χ3v) is 7.39.